The zero-order chi connectivity index (χ0) is 14.4. The summed E-state index contributed by atoms with van der Waals surface area (Å²) in [6, 6.07) is 8.23. The molecule has 0 spiro atoms. The van der Waals surface area contributed by atoms with E-state index in [-0.39, 0.29) is 0 Å². The van der Waals surface area contributed by atoms with Crippen LogP contribution in [-0.4, -0.2) is 18.6 Å². The fourth-order valence-electron chi connectivity index (χ4n) is 2.00. The molecular weight excluding hydrogens is 268 g/mol. The van der Waals surface area contributed by atoms with E-state index in [4.69, 9.17) is 9.72 Å². The number of thiazole rings is 1. The van der Waals surface area contributed by atoms with Crippen LogP contribution in [0.1, 0.15) is 30.8 Å². The molecule has 1 heterocycles. The molecule has 4 heteroatoms. The van der Waals surface area contributed by atoms with Gasteiger partial charge in [-0.15, -0.1) is 11.3 Å². The maximum Gasteiger partial charge on any atom is 0.123 e. The number of benzene rings is 1. The van der Waals surface area contributed by atoms with Crippen molar-refractivity contribution in [2.24, 2.45) is 0 Å². The Bertz CT molecular complexity index is 534. The molecular formula is C16H22N2OS. The molecule has 1 aromatic carbocycles. The van der Waals surface area contributed by atoms with E-state index in [1.165, 1.54) is 10.6 Å². The SMILES string of the molecule is CCCOc1ccc(-c2nc(CC)c(CNC)s2)cc1. The van der Waals surface area contributed by atoms with Gasteiger partial charge in [-0.1, -0.05) is 13.8 Å². The van der Waals surface area contributed by atoms with Gasteiger partial charge in [0.25, 0.3) is 0 Å². The maximum absolute atomic E-state index is 5.61. The van der Waals surface area contributed by atoms with Gasteiger partial charge in [0.1, 0.15) is 10.8 Å². The molecule has 2 rings (SSSR count). The smallest absolute Gasteiger partial charge is 0.123 e. The normalized spacial score (nSPS) is 10.8. The van der Waals surface area contributed by atoms with Gasteiger partial charge in [0, 0.05) is 17.0 Å². The molecule has 0 aliphatic rings. The monoisotopic (exact) mass is 290 g/mol. The van der Waals surface area contributed by atoms with Gasteiger partial charge in [0.05, 0.1) is 12.3 Å². The summed E-state index contributed by atoms with van der Waals surface area (Å²) in [4.78, 5) is 6.08. The van der Waals surface area contributed by atoms with Gasteiger partial charge in [-0.2, -0.15) is 0 Å². The van der Waals surface area contributed by atoms with Crippen LogP contribution < -0.4 is 10.1 Å². The van der Waals surface area contributed by atoms with E-state index < -0.39 is 0 Å². The Hall–Kier alpha value is -1.39. The molecule has 0 saturated carbocycles. The quantitative estimate of drug-likeness (QED) is 0.840. The number of nitrogens with zero attached hydrogens (tertiary/aromatic N) is 1. The van der Waals surface area contributed by atoms with Crippen LogP contribution in [0, 0.1) is 0 Å². The minimum atomic E-state index is 0.767. The van der Waals surface area contributed by atoms with Crippen LogP contribution in [-0.2, 0) is 13.0 Å². The first kappa shape index (κ1) is 15.0. The summed E-state index contributed by atoms with van der Waals surface area (Å²) in [7, 11) is 1.97. The molecule has 0 bridgehead atoms. The first-order chi connectivity index (χ1) is 9.78. The first-order valence-corrected chi connectivity index (χ1v) is 7.96. The summed E-state index contributed by atoms with van der Waals surface area (Å²) in [5.41, 5.74) is 2.36. The predicted octanol–water partition coefficient (Wildman–Crippen LogP) is 3.88. The number of hydrogen-bond acceptors (Lipinski definition) is 4. The second kappa shape index (κ2) is 7.41. The topological polar surface area (TPSA) is 34.1 Å². The van der Waals surface area contributed by atoms with E-state index in [2.05, 4.69) is 31.3 Å². The lowest BCUT2D eigenvalue weighted by atomic mass is 10.2. The second-order valence-electron chi connectivity index (χ2n) is 4.65. The van der Waals surface area contributed by atoms with Gasteiger partial charge in [-0.05, 0) is 44.2 Å². The Balaban J connectivity index is 2.18. The highest BCUT2D eigenvalue weighted by atomic mass is 32.1. The van der Waals surface area contributed by atoms with Gasteiger partial charge in [-0.25, -0.2) is 4.98 Å². The fraction of sp³-hybridized carbons (Fsp3) is 0.438. The van der Waals surface area contributed by atoms with E-state index in [1.807, 2.05) is 19.2 Å². The Morgan fingerprint density at radius 1 is 1.20 bits per heavy atom. The van der Waals surface area contributed by atoms with Crippen LogP contribution in [0.2, 0.25) is 0 Å². The summed E-state index contributed by atoms with van der Waals surface area (Å²) < 4.78 is 5.61. The summed E-state index contributed by atoms with van der Waals surface area (Å²) in [6.07, 6.45) is 2.01. The summed E-state index contributed by atoms with van der Waals surface area (Å²) in [5, 5.41) is 4.30. The first-order valence-electron chi connectivity index (χ1n) is 7.14. The molecule has 0 saturated heterocycles. The molecule has 0 aliphatic heterocycles. The zero-order valence-corrected chi connectivity index (χ0v) is 13.2. The van der Waals surface area contributed by atoms with E-state index in [9.17, 15) is 0 Å². The molecule has 1 N–H and O–H groups in total. The highest BCUT2D eigenvalue weighted by Crippen LogP contribution is 2.29. The maximum atomic E-state index is 5.61. The van der Waals surface area contributed by atoms with Crippen LogP contribution in [0.3, 0.4) is 0 Å². The van der Waals surface area contributed by atoms with Gasteiger partial charge < -0.3 is 10.1 Å². The fourth-order valence-corrected chi connectivity index (χ4v) is 3.16. The lowest BCUT2D eigenvalue weighted by Gasteiger charge is -2.04. The second-order valence-corrected chi connectivity index (χ2v) is 5.73. The van der Waals surface area contributed by atoms with Crippen LogP contribution >= 0.6 is 11.3 Å². The van der Waals surface area contributed by atoms with Crippen molar-refractivity contribution in [2.45, 2.75) is 33.2 Å². The third-order valence-corrected chi connectivity index (χ3v) is 4.17. The Kier molecular flexibility index (Phi) is 5.56. The number of nitrogens with one attached hydrogen (secondary N) is 1. The molecule has 0 unspecified atom stereocenters. The van der Waals surface area contributed by atoms with Crippen molar-refractivity contribution in [3.8, 4) is 16.3 Å². The zero-order valence-electron chi connectivity index (χ0n) is 12.4. The van der Waals surface area contributed by atoms with Crippen molar-refractivity contribution in [3.05, 3.63) is 34.8 Å². The average molecular weight is 290 g/mol. The number of aromatic nitrogens is 1. The third-order valence-electron chi connectivity index (χ3n) is 3.02. The average Bonchev–Trinajstić information content (AvgIpc) is 2.89. The van der Waals surface area contributed by atoms with Gasteiger partial charge in [-0.3, -0.25) is 0 Å². The van der Waals surface area contributed by atoms with Crippen LogP contribution in [0.4, 0.5) is 0 Å². The number of aryl methyl sites for hydroxylation is 1. The Morgan fingerprint density at radius 2 is 1.95 bits per heavy atom. The van der Waals surface area contributed by atoms with E-state index >= 15 is 0 Å². The summed E-state index contributed by atoms with van der Waals surface area (Å²) >= 11 is 1.77. The lowest BCUT2D eigenvalue weighted by Crippen LogP contribution is -2.05. The highest BCUT2D eigenvalue weighted by Gasteiger charge is 2.10. The number of ether oxygens (including phenoxy) is 1. The van der Waals surface area contributed by atoms with E-state index in [0.29, 0.717) is 0 Å². The minimum Gasteiger partial charge on any atom is -0.494 e. The molecule has 2 aromatic rings. The van der Waals surface area contributed by atoms with Crippen molar-refractivity contribution < 1.29 is 4.74 Å². The molecule has 0 atom stereocenters. The minimum absolute atomic E-state index is 0.767. The molecule has 0 radical (unpaired) electrons. The summed E-state index contributed by atoms with van der Waals surface area (Å²) in [5.74, 6) is 0.929. The van der Waals surface area contributed by atoms with Crippen molar-refractivity contribution in [1.82, 2.24) is 10.3 Å². The lowest BCUT2D eigenvalue weighted by molar-refractivity contribution is 0.317. The van der Waals surface area contributed by atoms with Crippen LogP contribution in [0.15, 0.2) is 24.3 Å². The third kappa shape index (κ3) is 3.58. The van der Waals surface area contributed by atoms with E-state index in [1.54, 1.807) is 11.3 Å². The molecule has 108 valence electrons. The van der Waals surface area contributed by atoms with Crippen LogP contribution in [0.5, 0.6) is 5.75 Å². The standard InChI is InChI=1S/C16H22N2OS/c1-4-10-19-13-8-6-12(7-9-13)16-18-14(5-2)15(20-16)11-17-3/h6-9,17H,4-5,10-11H2,1-3H3. The van der Waals surface area contributed by atoms with E-state index in [0.717, 1.165) is 42.3 Å². The molecule has 20 heavy (non-hydrogen) atoms. The predicted molar refractivity (Wildman–Crippen MR) is 85.5 cm³/mol. The molecule has 1 aromatic heterocycles. The van der Waals surface area contributed by atoms with Gasteiger partial charge in [0.15, 0.2) is 0 Å². The van der Waals surface area contributed by atoms with Gasteiger partial charge in [0.2, 0.25) is 0 Å². The van der Waals surface area contributed by atoms with Gasteiger partial charge >= 0.3 is 0 Å². The molecule has 0 fully saturated rings. The molecule has 0 aliphatic carbocycles. The van der Waals surface area contributed by atoms with Crippen molar-refractivity contribution in [3.63, 3.8) is 0 Å². The summed E-state index contributed by atoms with van der Waals surface area (Å²) in [6.45, 7) is 5.92. The molecule has 0 amide bonds. The largest absolute Gasteiger partial charge is 0.494 e. The molecule has 3 nitrogen and oxygen atoms in total. The van der Waals surface area contributed by atoms with Crippen LogP contribution in [0.25, 0.3) is 10.6 Å². The number of rotatable bonds is 7. The van der Waals surface area contributed by atoms with Crippen molar-refractivity contribution in [1.29, 1.82) is 0 Å². The Labute approximate surface area is 125 Å². The number of hydrogen-bond donors (Lipinski definition) is 1. The van der Waals surface area contributed by atoms with Crippen molar-refractivity contribution >= 4 is 11.3 Å². The Morgan fingerprint density at radius 3 is 2.55 bits per heavy atom. The highest BCUT2D eigenvalue weighted by molar-refractivity contribution is 7.15. The van der Waals surface area contributed by atoms with Crippen molar-refractivity contribution in [2.75, 3.05) is 13.7 Å².